The fourth-order valence-corrected chi connectivity index (χ4v) is 3.89. The molecular formula is C14H25N3O2. The van der Waals surface area contributed by atoms with Crippen LogP contribution in [0.4, 0.5) is 0 Å². The molecule has 2 saturated carbocycles. The Kier molecular flexibility index (Phi) is 4.32. The van der Waals surface area contributed by atoms with Gasteiger partial charge in [0.05, 0.1) is 5.92 Å². The van der Waals surface area contributed by atoms with E-state index in [4.69, 9.17) is 10.9 Å². The van der Waals surface area contributed by atoms with Crippen LogP contribution in [0.3, 0.4) is 0 Å². The second-order valence-corrected chi connectivity index (χ2v) is 6.14. The van der Waals surface area contributed by atoms with Gasteiger partial charge in [0.2, 0.25) is 5.91 Å². The van der Waals surface area contributed by atoms with Crippen molar-refractivity contribution in [1.29, 1.82) is 0 Å². The van der Waals surface area contributed by atoms with E-state index in [-0.39, 0.29) is 11.7 Å². The van der Waals surface area contributed by atoms with Crippen LogP contribution in [0.5, 0.6) is 0 Å². The smallest absolute Gasteiger partial charge is 0.233 e. The molecule has 5 nitrogen and oxygen atoms in total. The van der Waals surface area contributed by atoms with Crippen molar-refractivity contribution < 1.29 is 10.0 Å². The van der Waals surface area contributed by atoms with Gasteiger partial charge in [-0.15, -0.1) is 0 Å². The molecule has 19 heavy (non-hydrogen) atoms. The summed E-state index contributed by atoms with van der Waals surface area (Å²) < 4.78 is 0. The molecule has 2 bridgehead atoms. The van der Waals surface area contributed by atoms with E-state index in [9.17, 15) is 4.79 Å². The number of nitrogens with two attached hydrogens (primary N) is 1. The lowest BCUT2D eigenvalue weighted by Gasteiger charge is -2.29. The molecule has 2 rings (SSSR count). The first-order chi connectivity index (χ1) is 9.06. The highest BCUT2D eigenvalue weighted by atomic mass is 16.4. The summed E-state index contributed by atoms with van der Waals surface area (Å²) in [6.07, 6.45) is 5.89. The first-order valence-electron chi connectivity index (χ1n) is 7.29. The topological polar surface area (TPSA) is 78.9 Å². The van der Waals surface area contributed by atoms with Gasteiger partial charge in [-0.25, -0.2) is 0 Å². The molecule has 0 aromatic heterocycles. The number of nitrogens with zero attached hydrogens (tertiary/aromatic N) is 2. The Hall–Kier alpha value is -1.26. The highest BCUT2D eigenvalue weighted by molar-refractivity contribution is 6.01. The quantitative estimate of drug-likeness (QED) is 0.344. The van der Waals surface area contributed by atoms with Crippen LogP contribution in [-0.4, -0.2) is 35.4 Å². The Balaban J connectivity index is 1.92. The Morgan fingerprint density at radius 2 is 2.21 bits per heavy atom. The lowest BCUT2D eigenvalue weighted by atomic mass is 9.88. The van der Waals surface area contributed by atoms with Crippen LogP contribution in [0.15, 0.2) is 5.16 Å². The number of fused-ring (bicyclic) bond motifs is 2. The molecule has 4 atom stereocenters. The van der Waals surface area contributed by atoms with E-state index in [1.807, 2.05) is 14.0 Å². The van der Waals surface area contributed by atoms with Crippen LogP contribution in [-0.2, 0) is 4.79 Å². The van der Waals surface area contributed by atoms with Crippen LogP contribution in [0.2, 0.25) is 0 Å². The summed E-state index contributed by atoms with van der Waals surface area (Å²) >= 11 is 0. The predicted molar refractivity (Wildman–Crippen MR) is 73.8 cm³/mol. The SMILES string of the molecule is CCC(C(=O)N(C)CC1CC2CCC1C2)C(N)=NO. The predicted octanol–water partition coefficient (Wildman–Crippen LogP) is 1.65. The van der Waals surface area contributed by atoms with Gasteiger partial charge in [0.1, 0.15) is 0 Å². The Morgan fingerprint density at radius 3 is 2.68 bits per heavy atom. The molecule has 5 heteroatoms. The third-order valence-electron chi connectivity index (χ3n) is 4.95. The van der Waals surface area contributed by atoms with Gasteiger partial charge < -0.3 is 15.8 Å². The second-order valence-electron chi connectivity index (χ2n) is 6.14. The molecule has 0 heterocycles. The van der Waals surface area contributed by atoms with E-state index in [2.05, 4.69) is 5.16 Å². The molecule has 2 aliphatic carbocycles. The number of amidine groups is 1. The van der Waals surface area contributed by atoms with Crippen molar-refractivity contribution in [2.75, 3.05) is 13.6 Å². The number of oxime groups is 1. The number of carbonyl (C=O) groups is 1. The van der Waals surface area contributed by atoms with Crippen LogP contribution in [0.1, 0.15) is 39.0 Å². The number of amides is 1. The minimum Gasteiger partial charge on any atom is -0.409 e. The van der Waals surface area contributed by atoms with Gasteiger partial charge in [0.15, 0.2) is 5.84 Å². The lowest BCUT2D eigenvalue weighted by molar-refractivity contribution is -0.133. The number of hydrogen-bond acceptors (Lipinski definition) is 3. The molecule has 2 fully saturated rings. The average molecular weight is 267 g/mol. The van der Waals surface area contributed by atoms with E-state index in [0.717, 1.165) is 18.4 Å². The van der Waals surface area contributed by atoms with Crippen LogP contribution in [0, 0.1) is 23.7 Å². The van der Waals surface area contributed by atoms with Crippen LogP contribution in [0.25, 0.3) is 0 Å². The van der Waals surface area contributed by atoms with E-state index < -0.39 is 5.92 Å². The number of carbonyl (C=O) groups excluding carboxylic acids is 1. The molecular weight excluding hydrogens is 242 g/mol. The van der Waals surface area contributed by atoms with Crippen LogP contribution < -0.4 is 5.73 Å². The first kappa shape index (κ1) is 14.2. The molecule has 0 aromatic carbocycles. The molecule has 2 aliphatic rings. The number of rotatable bonds is 5. The summed E-state index contributed by atoms with van der Waals surface area (Å²) in [4.78, 5) is 14.1. The average Bonchev–Trinajstić information content (AvgIpc) is 3.01. The van der Waals surface area contributed by atoms with Crippen molar-refractivity contribution in [3.8, 4) is 0 Å². The summed E-state index contributed by atoms with van der Waals surface area (Å²) in [5.41, 5.74) is 5.59. The molecule has 1 amide bonds. The van der Waals surface area contributed by atoms with Crippen LogP contribution >= 0.6 is 0 Å². The summed E-state index contributed by atoms with van der Waals surface area (Å²) in [6.45, 7) is 2.70. The Labute approximate surface area is 114 Å². The monoisotopic (exact) mass is 267 g/mol. The first-order valence-corrected chi connectivity index (χ1v) is 7.29. The lowest BCUT2D eigenvalue weighted by Crippen LogP contribution is -2.42. The molecule has 0 spiro atoms. The second kappa shape index (κ2) is 5.80. The fourth-order valence-electron chi connectivity index (χ4n) is 3.89. The third-order valence-corrected chi connectivity index (χ3v) is 4.95. The zero-order valence-electron chi connectivity index (χ0n) is 11.9. The zero-order chi connectivity index (χ0) is 14.0. The highest BCUT2D eigenvalue weighted by Crippen LogP contribution is 2.48. The van der Waals surface area contributed by atoms with Gasteiger partial charge in [-0.05, 0) is 43.4 Å². The zero-order valence-corrected chi connectivity index (χ0v) is 11.9. The fraction of sp³-hybridized carbons (Fsp3) is 0.857. The third kappa shape index (κ3) is 2.85. The van der Waals surface area contributed by atoms with Crippen molar-refractivity contribution in [3.05, 3.63) is 0 Å². The molecule has 4 unspecified atom stereocenters. The maximum absolute atomic E-state index is 12.3. The summed E-state index contributed by atoms with van der Waals surface area (Å²) in [6, 6.07) is 0. The Morgan fingerprint density at radius 1 is 1.47 bits per heavy atom. The van der Waals surface area contributed by atoms with Gasteiger partial charge in [0, 0.05) is 13.6 Å². The van der Waals surface area contributed by atoms with E-state index in [0.29, 0.717) is 12.3 Å². The van der Waals surface area contributed by atoms with Crippen molar-refractivity contribution in [2.45, 2.75) is 39.0 Å². The van der Waals surface area contributed by atoms with E-state index >= 15 is 0 Å². The van der Waals surface area contributed by atoms with Gasteiger partial charge in [0.25, 0.3) is 0 Å². The van der Waals surface area contributed by atoms with Crippen molar-refractivity contribution in [3.63, 3.8) is 0 Å². The normalized spacial score (nSPS) is 31.5. The maximum atomic E-state index is 12.3. The molecule has 0 aromatic rings. The molecule has 108 valence electrons. The minimum atomic E-state index is -0.492. The molecule has 0 aliphatic heterocycles. The van der Waals surface area contributed by atoms with Gasteiger partial charge in [-0.3, -0.25) is 4.79 Å². The molecule has 3 N–H and O–H groups in total. The number of hydrogen-bond donors (Lipinski definition) is 2. The Bertz CT molecular complexity index is 370. The van der Waals surface area contributed by atoms with Crippen molar-refractivity contribution >= 4 is 11.7 Å². The summed E-state index contributed by atoms with van der Waals surface area (Å²) in [5, 5.41) is 11.7. The summed E-state index contributed by atoms with van der Waals surface area (Å²) in [5.74, 6) is 1.85. The van der Waals surface area contributed by atoms with E-state index in [1.54, 1.807) is 4.90 Å². The molecule has 0 radical (unpaired) electrons. The van der Waals surface area contributed by atoms with Gasteiger partial charge in [-0.2, -0.15) is 0 Å². The minimum absolute atomic E-state index is 0.0206. The van der Waals surface area contributed by atoms with Crippen molar-refractivity contribution in [2.24, 2.45) is 34.6 Å². The van der Waals surface area contributed by atoms with Gasteiger partial charge in [-0.1, -0.05) is 18.5 Å². The van der Waals surface area contributed by atoms with Gasteiger partial charge >= 0.3 is 0 Å². The van der Waals surface area contributed by atoms with Crippen molar-refractivity contribution in [1.82, 2.24) is 4.90 Å². The van der Waals surface area contributed by atoms with E-state index in [1.165, 1.54) is 25.7 Å². The highest BCUT2D eigenvalue weighted by Gasteiger charge is 2.40. The molecule has 0 saturated heterocycles. The maximum Gasteiger partial charge on any atom is 0.233 e. The largest absolute Gasteiger partial charge is 0.409 e. The standard InChI is InChI=1S/C14H25N3O2/c1-3-12(13(15)16-19)14(18)17(2)8-11-7-9-4-5-10(11)6-9/h9-12,19H,3-8H2,1-2H3,(H2,15,16). The summed E-state index contributed by atoms with van der Waals surface area (Å²) in [7, 11) is 1.83.